The van der Waals surface area contributed by atoms with Crippen LogP contribution in [0.15, 0.2) is 46.9 Å². The number of nitro benzene ring substituents is 1. The molecule has 2 rings (SSSR count). The van der Waals surface area contributed by atoms with E-state index in [9.17, 15) is 44.9 Å². The highest BCUT2D eigenvalue weighted by molar-refractivity contribution is 7.87. The molecule has 172 valence electrons. The Bertz CT molecular complexity index is 1290. The monoisotopic (exact) mass is 491 g/mol. The van der Waals surface area contributed by atoms with Crippen molar-refractivity contribution < 1.29 is 43.9 Å². The van der Waals surface area contributed by atoms with Crippen molar-refractivity contribution in [1.29, 1.82) is 10.5 Å². The molecule has 0 aliphatic carbocycles. The van der Waals surface area contributed by atoms with Gasteiger partial charge in [0.15, 0.2) is 5.75 Å². The molecule has 0 aliphatic heterocycles. The van der Waals surface area contributed by atoms with E-state index >= 15 is 0 Å². The van der Waals surface area contributed by atoms with Crippen LogP contribution in [0.4, 0.5) is 32.0 Å². The number of nitriles is 2. The van der Waals surface area contributed by atoms with E-state index in [1.807, 2.05) is 0 Å². The van der Waals surface area contributed by atoms with E-state index in [1.165, 1.54) is 12.1 Å². The van der Waals surface area contributed by atoms with Gasteiger partial charge in [0.2, 0.25) is 0 Å². The Hall–Kier alpha value is -4.11. The molecule has 0 N–H and O–H groups in total. The lowest BCUT2D eigenvalue weighted by Gasteiger charge is -2.15. The van der Waals surface area contributed by atoms with E-state index in [0.717, 1.165) is 6.07 Å². The first-order valence-corrected chi connectivity index (χ1v) is 9.53. The first-order valence-electron chi connectivity index (χ1n) is 8.13. The summed E-state index contributed by atoms with van der Waals surface area (Å²) in [6.45, 7) is 0. The summed E-state index contributed by atoms with van der Waals surface area (Å²) in [4.78, 5) is 8.52. The van der Waals surface area contributed by atoms with Crippen molar-refractivity contribution in [3.8, 4) is 17.9 Å². The number of nitro groups is 1. The molecule has 0 aromatic heterocycles. The predicted octanol–water partition coefficient (Wildman–Crippen LogP) is 4.83. The number of halogens is 6. The summed E-state index contributed by atoms with van der Waals surface area (Å²) in [5.74, 6) is -0.797. The van der Waals surface area contributed by atoms with Crippen molar-refractivity contribution in [2.45, 2.75) is 17.2 Å². The molecule has 0 aliphatic rings. The van der Waals surface area contributed by atoms with E-state index in [0.29, 0.717) is 18.2 Å². The van der Waals surface area contributed by atoms with Crippen LogP contribution in [0.3, 0.4) is 0 Å². The summed E-state index contributed by atoms with van der Waals surface area (Å²) in [7, 11) is -5.35. The molecule has 0 saturated heterocycles. The van der Waals surface area contributed by atoms with Crippen LogP contribution in [-0.4, -0.2) is 13.3 Å². The van der Waals surface area contributed by atoms with Crippen LogP contribution in [-0.2, 0) is 22.5 Å². The zero-order valence-electron chi connectivity index (χ0n) is 15.6. The standard InChI is InChI=1S/C18H7F6N3O5S/c19-17(20,21)12-5-13(18(22,23)24)7-15(6-12)33(30,31)32-16-2-1-14(27(28)29)4-11(16)3-10(8-25)9-26/h1-7H. The fourth-order valence-electron chi connectivity index (χ4n) is 2.32. The smallest absolute Gasteiger partial charge is 0.378 e. The lowest BCUT2D eigenvalue weighted by molar-refractivity contribution is -0.384. The number of alkyl halides is 6. The Morgan fingerprint density at radius 3 is 1.91 bits per heavy atom. The fraction of sp³-hybridized carbons (Fsp3) is 0.111. The lowest BCUT2D eigenvalue weighted by Crippen LogP contribution is -2.16. The molecule has 0 saturated carbocycles. The number of nitrogens with zero attached hydrogens (tertiary/aromatic N) is 3. The van der Waals surface area contributed by atoms with Gasteiger partial charge in [-0.15, -0.1) is 0 Å². The van der Waals surface area contributed by atoms with Crippen molar-refractivity contribution in [3.05, 3.63) is 68.8 Å². The summed E-state index contributed by atoms with van der Waals surface area (Å²) in [6, 6.07) is 4.44. The third-order valence-corrected chi connectivity index (χ3v) is 5.01. The average Bonchev–Trinajstić information content (AvgIpc) is 2.71. The second kappa shape index (κ2) is 8.79. The summed E-state index contributed by atoms with van der Waals surface area (Å²) in [6.07, 6.45) is -9.98. The SMILES string of the molecule is N#CC(C#N)=Cc1cc([N+](=O)[O-])ccc1OS(=O)(=O)c1cc(C(F)(F)F)cc(C(F)(F)F)c1. The Kier molecular flexibility index (Phi) is 6.70. The molecular formula is C18H7F6N3O5S. The van der Waals surface area contributed by atoms with Gasteiger partial charge in [0.05, 0.1) is 16.1 Å². The van der Waals surface area contributed by atoms with Gasteiger partial charge in [-0.2, -0.15) is 45.3 Å². The van der Waals surface area contributed by atoms with Crippen molar-refractivity contribution in [2.24, 2.45) is 0 Å². The average molecular weight is 491 g/mol. The van der Waals surface area contributed by atoms with Crippen molar-refractivity contribution in [2.75, 3.05) is 0 Å². The quantitative estimate of drug-likeness (QED) is 0.192. The fourth-order valence-corrected chi connectivity index (χ4v) is 3.35. The topological polar surface area (TPSA) is 134 Å². The zero-order valence-corrected chi connectivity index (χ0v) is 16.4. The molecule has 2 aromatic carbocycles. The van der Waals surface area contributed by atoms with Crippen molar-refractivity contribution >= 4 is 21.9 Å². The van der Waals surface area contributed by atoms with E-state index in [2.05, 4.69) is 4.18 Å². The van der Waals surface area contributed by atoms with E-state index in [-0.39, 0.29) is 18.2 Å². The molecule has 0 fully saturated rings. The molecule has 0 heterocycles. The van der Waals surface area contributed by atoms with Crippen LogP contribution in [0.25, 0.3) is 6.08 Å². The van der Waals surface area contributed by atoms with Gasteiger partial charge < -0.3 is 4.18 Å². The Morgan fingerprint density at radius 1 is 0.970 bits per heavy atom. The summed E-state index contributed by atoms with van der Waals surface area (Å²) in [5, 5.41) is 28.6. The first-order chi connectivity index (χ1) is 15.1. The van der Waals surface area contributed by atoms with Gasteiger partial charge in [0.25, 0.3) is 5.69 Å². The summed E-state index contributed by atoms with van der Waals surface area (Å²) in [5.41, 5.74) is -5.65. The van der Waals surface area contributed by atoms with Gasteiger partial charge >= 0.3 is 22.5 Å². The van der Waals surface area contributed by atoms with Gasteiger partial charge in [-0.25, -0.2) is 0 Å². The van der Waals surface area contributed by atoms with Crippen LogP contribution < -0.4 is 4.18 Å². The maximum absolute atomic E-state index is 13.0. The Balaban J connectivity index is 2.69. The molecule has 0 unspecified atom stereocenters. The normalized spacial score (nSPS) is 11.8. The molecule has 0 amide bonds. The summed E-state index contributed by atoms with van der Waals surface area (Å²) < 4.78 is 108. The van der Waals surface area contributed by atoms with Gasteiger partial charge in [0.1, 0.15) is 22.6 Å². The van der Waals surface area contributed by atoms with E-state index in [1.54, 1.807) is 0 Å². The van der Waals surface area contributed by atoms with Gasteiger partial charge in [-0.05, 0) is 30.3 Å². The maximum atomic E-state index is 13.0. The molecule has 0 spiro atoms. The largest absolute Gasteiger partial charge is 0.416 e. The molecule has 8 nitrogen and oxygen atoms in total. The molecule has 0 bridgehead atoms. The van der Waals surface area contributed by atoms with Gasteiger partial charge in [0, 0.05) is 17.7 Å². The predicted molar refractivity (Wildman–Crippen MR) is 96.6 cm³/mol. The molecule has 15 heteroatoms. The third kappa shape index (κ3) is 5.98. The minimum Gasteiger partial charge on any atom is -0.378 e. The first kappa shape index (κ1) is 25.2. The number of non-ortho nitro benzene ring substituents is 1. The number of hydrogen-bond acceptors (Lipinski definition) is 7. The van der Waals surface area contributed by atoms with Crippen LogP contribution in [0.2, 0.25) is 0 Å². The number of allylic oxidation sites excluding steroid dienone is 1. The highest BCUT2D eigenvalue weighted by Gasteiger charge is 2.38. The number of rotatable bonds is 5. The molecule has 0 atom stereocenters. The molecule has 2 aromatic rings. The second-order valence-corrected chi connectivity index (χ2v) is 7.59. The molecule has 0 radical (unpaired) electrons. The minimum absolute atomic E-state index is 0.0819. The van der Waals surface area contributed by atoms with E-state index < -0.39 is 66.0 Å². The third-order valence-electron chi connectivity index (χ3n) is 3.79. The maximum Gasteiger partial charge on any atom is 0.416 e. The van der Waals surface area contributed by atoms with Crippen LogP contribution >= 0.6 is 0 Å². The lowest BCUT2D eigenvalue weighted by atomic mass is 10.1. The number of hydrogen-bond donors (Lipinski definition) is 0. The van der Waals surface area contributed by atoms with Gasteiger partial charge in [-0.3, -0.25) is 10.1 Å². The van der Waals surface area contributed by atoms with Crippen LogP contribution in [0.1, 0.15) is 16.7 Å². The number of benzene rings is 2. The zero-order chi connectivity index (χ0) is 25.2. The van der Waals surface area contributed by atoms with Gasteiger partial charge in [-0.1, -0.05) is 0 Å². The Morgan fingerprint density at radius 2 is 1.48 bits per heavy atom. The minimum atomic E-state index is -5.35. The Labute approximate surface area is 180 Å². The summed E-state index contributed by atoms with van der Waals surface area (Å²) >= 11 is 0. The highest BCUT2D eigenvalue weighted by atomic mass is 32.2. The van der Waals surface area contributed by atoms with Crippen LogP contribution in [0.5, 0.6) is 5.75 Å². The van der Waals surface area contributed by atoms with Crippen molar-refractivity contribution in [3.63, 3.8) is 0 Å². The van der Waals surface area contributed by atoms with Crippen LogP contribution in [0, 0.1) is 32.8 Å². The van der Waals surface area contributed by atoms with E-state index in [4.69, 9.17) is 10.5 Å². The molecule has 33 heavy (non-hydrogen) atoms. The van der Waals surface area contributed by atoms with Crippen molar-refractivity contribution in [1.82, 2.24) is 0 Å². The second-order valence-electron chi connectivity index (χ2n) is 6.04. The highest BCUT2D eigenvalue weighted by Crippen LogP contribution is 2.38. The molecular weight excluding hydrogens is 484 g/mol.